The van der Waals surface area contributed by atoms with Crippen molar-refractivity contribution in [3.63, 3.8) is 0 Å². The third kappa shape index (κ3) is 2.22. The second kappa shape index (κ2) is 5.07. The normalized spacial score (nSPS) is 12.9. The van der Waals surface area contributed by atoms with Crippen LogP contribution in [0.3, 0.4) is 0 Å². The van der Waals surface area contributed by atoms with Crippen LogP contribution in [0.25, 0.3) is 10.8 Å². The Balaban J connectivity index is 2.37. The molecular formula is C13H16N2O. The van der Waals surface area contributed by atoms with Crippen LogP contribution in [-0.2, 0) is 4.74 Å². The van der Waals surface area contributed by atoms with Crippen LogP contribution in [0.1, 0.15) is 11.6 Å². The quantitative estimate of drug-likeness (QED) is 0.607. The van der Waals surface area contributed by atoms with Gasteiger partial charge >= 0.3 is 0 Å². The fourth-order valence-electron chi connectivity index (χ4n) is 1.83. The SMILES string of the molecule is COCC(NN)c1ccc2ccccc2c1. The second-order valence-electron chi connectivity index (χ2n) is 3.78. The van der Waals surface area contributed by atoms with Crippen LogP contribution in [0.2, 0.25) is 0 Å². The highest BCUT2D eigenvalue weighted by Gasteiger charge is 2.09. The summed E-state index contributed by atoms with van der Waals surface area (Å²) in [6, 6.07) is 14.6. The molecule has 0 amide bonds. The number of rotatable bonds is 4. The zero-order valence-electron chi connectivity index (χ0n) is 9.31. The molecule has 0 bridgehead atoms. The molecule has 1 atom stereocenters. The van der Waals surface area contributed by atoms with E-state index >= 15 is 0 Å². The molecule has 16 heavy (non-hydrogen) atoms. The maximum Gasteiger partial charge on any atom is 0.0693 e. The average molecular weight is 216 g/mol. The van der Waals surface area contributed by atoms with Crippen molar-refractivity contribution >= 4 is 10.8 Å². The van der Waals surface area contributed by atoms with Crippen LogP contribution in [0.4, 0.5) is 0 Å². The molecule has 0 saturated heterocycles. The summed E-state index contributed by atoms with van der Waals surface area (Å²) in [5.74, 6) is 5.50. The third-order valence-electron chi connectivity index (χ3n) is 2.71. The van der Waals surface area contributed by atoms with E-state index < -0.39 is 0 Å². The molecule has 0 heterocycles. The standard InChI is InChI=1S/C13H16N2O/c1-16-9-13(15-14)12-7-6-10-4-2-3-5-11(10)8-12/h2-8,13,15H,9,14H2,1H3. The Bertz CT molecular complexity index is 470. The van der Waals surface area contributed by atoms with Crippen molar-refractivity contribution in [2.45, 2.75) is 6.04 Å². The van der Waals surface area contributed by atoms with E-state index in [0.29, 0.717) is 6.61 Å². The van der Waals surface area contributed by atoms with Gasteiger partial charge in [0.05, 0.1) is 12.6 Å². The summed E-state index contributed by atoms with van der Waals surface area (Å²) in [6.45, 7) is 0.564. The zero-order chi connectivity index (χ0) is 11.4. The molecule has 0 aromatic heterocycles. The van der Waals surface area contributed by atoms with Gasteiger partial charge in [-0.1, -0.05) is 36.4 Å². The molecule has 3 heteroatoms. The number of methoxy groups -OCH3 is 1. The number of hydrazine groups is 1. The highest BCUT2D eigenvalue weighted by atomic mass is 16.5. The lowest BCUT2D eigenvalue weighted by atomic mass is 10.0. The summed E-state index contributed by atoms with van der Waals surface area (Å²) in [5.41, 5.74) is 3.90. The smallest absolute Gasteiger partial charge is 0.0693 e. The Kier molecular flexibility index (Phi) is 3.51. The number of ether oxygens (including phenoxy) is 1. The minimum Gasteiger partial charge on any atom is -0.383 e. The molecule has 0 fully saturated rings. The van der Waals surface area contributed by atoms with Gasteiger partial charge in [-0.2, -0.15) is 0 Å². The molecule has 0 radical (unpaired) electrons. The van der Waals surface area contributed by atoms with Crippen LogP contribution in [0, 0.1) is 0 Å². The van der Waals surface area contributed by atoms with Crippen molar-refractivity contribution in [2.24, 2.45) is 5.84 Å². The van der Waals surface area contributed by atoms with E-state index in [2.05, 4.69) is 35.8 Å². The van der Waals surface area contributed by atoms with Crippen molar-refractivity contribution in [3.05, 3.63) is 48.0 Å². The molecule has 0 aliphatic heterocycles. The van der Waals surface area contributed by atoms with Crippen molar-refractivity contribution in [1.82, 2.24) is 5.43 Å². The highest BCUT2D eigenvalue weighted by Crippen LogP contribution is 2.20. The van der Waals surface area contributed by atoms with Gasteiger partial charge in [-0.05, 0) is 22.4 Å². The maximum absolute atomic E-state index is 5.50. The number of benzene rings is 2. The van der Waals surface area contributed by atoms with Crippen LogP contribution in [-0.4, -0.2) is 13.7 Å². The largest absolute Gasteiger partial charge is 0.383 e. The first-order chi connectivity index (χ1) is 7.85. The first-order valence-corrected chi connectivity index (χ1v) is 5.29. The third-order valence-corrected chi connectivity index (χ3v) is 2.71. The molecule has 2 aromatic carbocycles. The van der Waals surface area contributed by atoms with Gasteiger partial charge in [0.25, 0.3) is 0 Å². The van der Waals surface area contributed by atoms with Crippen molar-refractivity contribution in [1.29, 1.82) is 0 Å². The van der Waals surface area contributed by atoms with Gasteiger partial charge in [0, 0.05) is 7.11 Å². The molecule has 3 N–H and O–H groups in total. The predicted molar refractivity (Wildman–Crippen MR) is 65.9 cm³/mol. The van der Waals surface area contributed by atoms with Crippen molar-refractivity contribution in [3.8, 4) is 0 Å². The minimum atomic E-state index is 0.0367. The fourth-order valence-corrected chi connectivity index (χ4v) is 1.83. The van der Waals surface area contributed by atoms with Crippen LogP contribution in [0.15, 0.2) is 42.5 Å². The number of nitrogens with one attached hydrogen (secondary N) is 1. The molecular weight excluding hydrogens is 200 g/mol. The van der Waals surface area contributed by atoms with E-state index in [9.17, 15) is 0 Å². The Hall–Kier alpha value is -1.42. The number of hydrogen-bond acceptors (Lipinski definition) is 3. The van der Waals surface area contributed by atoms with Gasteiger partial charge in [0.2, 0.25) is 0 Å². The monoisotopic (exact) mass is 216 g/mol. The van der Waals surface area contributed by atoms with E-state index in [0.717, 1.165) is 5.56 Å². The maximum atomic E-state index is 5.50. The van der Waals surface area contributed by atoms with Gasteiger partial charge < -0.3 is 4.74 Å². The Morgan fingerprint density at radius 3 is 2.62 bits per heavy atom. The van der Waals surface area contributed by atoms with Crippen molar-refractivity contribution < 1.29 is 4.74 Å². The first kappa shape index (κ1) is 11.1. The van der Waals surface area contributed by atoms with Gasteiger partial charge in [-0.15, -0.1) is 0 Å². The summed E-state index contributed by atoms with van der Waals surface area (Å²) >= 11 is 0. The summed E-state index contributed by atoms with van der Waals surface area (Å²) in [4.78, 5) is 0. The second-order valence-corrected chi connectivity index (χ2v) is 3.78. The van der Waals surface area contributed by atoms with Crippen LogP contribution >= 0.6 is 0 Å². The molecule has 0 aliphatic carbocycles. The molecule has 3 nitrogen and oxygen atoms in total. The summed E-state index contributed by atoms with van der Waals surface area (Å²) < 4.78 is 5.12. The van der Waals surface area contributed by atoms with Crippen LogP contribution in [0.5, 0.6) is 0 Å². The first-order valence-electron chi connectivity index (χ1n) is 5.29. The van der Waals surface area contributed by atoms with Crippen molar-refractivity contribution in [2.75, 3.05) is 13.7 Å². The van der Waals surface area contributed by atoms with Gasteiger partial charge in [0.15, 0.2) is 0 Å². The Labute approximate surface area is 95.2 Å². The predicted octanol–water partition coefficient (Wildman–Crippen LogP) is 1.99. The molecule has 0 aliphatic rings. The topological polar surface area (TPSA) is 47.3 Å². The molecule has 0 saturated carbocycles. The summed E-state index contributed by atoms with van der Waals surface area (Å²) in [6.07, 6.45) is 0. The number of nitrogens with two attached hydrogens (primary N) is 1. The van der Waals surface area contributed by atoms with Crippen LogP contribution < -0.4 is 11.3 Å². The number of fused-ring (bicyclic) bond motifs is 1. The molecule has 1 unspecified atom stereocenters. The van der Waals surface area contributed by atoms with Gasteiger partial charge in [-0.25, -0.2) is 0 Å². The Morgan fingerprint density at radius 2 is 1.94 bits per heavy atom. The van der Waals surface area contributed by atoms with E-state index in [1.54, 1.807) is 7.11 Å². The van der Waals surface area contributed by atoms with E-state index in [-0.39, 0.29) is 6.04 Å². The number of hydrogen-bond donors (Lipinski definition) is 2. The van der Waals surface area contributed by atoms with E-state index in [1.807, 2.05) is 12.1 Å². The molecule has 0 spiro atoms. The van der Waals surface area contributed by atoms with E-state index in [4.69, 9.17) is 10.6 Å². The lowest BCUT2D eigenvalue weighted by molar-refractivity contribution is 0.167. The highest BCUT2D eigenvalue weighted by molar-refractivity contribution is 5.83. The lowest BCUT2D eigenvalue weighted by Gasteiger charge is -2.15. The minimum absolute atomic E-state index is 0.0367. The molecule has 2 rings (SSSR count). The zero-order valence-corrected chi connectivity index (χ0v) is 9.31. The Morgan fingerprint density at radius 1 is 1.19 bits per heavy atom. The lowest BCUT2D eigenvalue weighted by Crippen LogP contribution is -2.31. The van der Waals surface area contributed by atoms with E-state index in [1.165, 1.54) is 10.8 Å². The fraction of sp³-hybridized carbons (Fsp3) is 0.231. The molecule has 2 aromatic rings. The average Bonchev–Trinajstić information content (AvgIpc) is 2.35. The molecule has 84 valence electrons. The summed E-state index contributed by atoms with van der Waals surface area (Å²) in [5, 5.41) is 2.45. The van der Waals surface area contributed by atoms with Gasteiger partial charge in [0.1, 0.15) is 0 Å². The summed E-state index contributed by atoms with van der Waals surface area (Å²) in [7, 11) is 1.67. The van der Waals surface area contributed by atoms with Gasteiger partial charge in [-0.3, -0.25) is 11.3 Å².